The van der Waals surface area contributed by atoms with Gasteiger partial charge < -0.3 is 5.32 Å². The second-order valence-electron chi connectivity index (χ2n) is 6.21. The number of halogens is 3. The SMILES string of the molecule is O=C(/C=C/c1cc(F)c(Cl)c(F)c1)[C@H]1C(=O)NC[C@H]1Cc1ccccc1. The zero-order valence-electron chi connectivity index (χ0n) is 13.7. The minimum Gasteiger partial charge on any atom is -0.355 e. The Bertz CT molecular complexity index is 844. The molecule has 3 rings (SSSR count). The molecule has 2 atom stereocenters. The number of amides is 1. The Hall–Kier alpha value is -2.53. The number of nitrogens with one attached hydrogen (secondary N) is 1. The van der Waals surface area contributed by atoms with Crippen molar-refractivity contribution >= 4 is 29.4 Å². The second kappa shape index (κ2) is 7.79. The number of rotatable bonds is 5. The summed E-state index contributed by atoms with van der Waals surface area (Å²) in [4.78, 5) is 24.6. The van der Waals surface area contributed by atoms with Gasteiger partial charge in [0.1, 0.15) is 22.6 Å². The molecule has 0 radical (unpaired) electrons. The van der Waals surface area contributed by atoms with E-state index in [1.54, 1.807) is 0 Å². The Morgan fingerprint density at radius 1 is 1.19 bits per heavy atom. The van der Waals surface area contributed by atoms with E-state index in [0.717, 1.165) is 17.7 Å². The average Bonchev–Trinajstić information content (AvgIpc) is 2.98. The first-order valence-corrected chi connectivity index (χ1v) is 8.51. The first kappa shape index (κ1) is 18.3. The first-order valence-electron chi connectivity index (χ1n) is 8.14. The van der Waals surface area contributed by atoms with Gasteiger partial charge in [0, 0.05) is 6.54 Å². The standard InChI is InChI=1S/C20H16ClF2NO2/c21-19-15(22)9-13(10-16(19)23)6-7-17(25)18-14(11-24-20(18)26)8-12-4-2-1-3-5-12/h1-7,9-10,14,18H,8,11H2,(H,24,26)/b7-6+/t14-,18+/m1/s1. The van der Waals surface area contributed by atoms with Crippen LogP contribution in [0.4, 0.5) is 8.78 Å². The van der Waals surface area contributed by atoms with Gasteiger partial charge in [-0.25, -0.2) is 8.78 Å². The van der Waals surface area contributed by atoms with Crippen LogP contribution in [0.2, 0.25) is 5.02 Å². The summed E-state index contributed by atoms with van der Waals surface area (Å²) in [7, 11) is 0. The van der Waals surface area contributed by atoms with Gasteiger partial charge in [-0.1, -0.05) is 48.0 Å². The van der Waals surface area contributed by atoms with Crippen LogP contribution < -0.4 is 5.32 Å². The van der Waals surface area contributed by atoms with Gasteiger partial charge >= 0.3 is 0 Å². The maximum absolute atomic E-state index is 13.5. The summed E-state index contributed by atoms with van der Waals surface area (Å²) in [5.41, 5.74) is 1.20. The lowest BCUT2D eigenvalue weighted by molar-refractivity contribution is -0.130. The van der Waals surface area contributed by atoms with Gasteiger partial charge in [-0.05, 0) is 41.7 Å². The molecule has 1 heterocycles. The zero-order valence-corrected chi connectivity index (χ0v) is 14.5. The summed E-state index contributed by atoms with van der Waals surface area (Å²) in [5.74, 6) is -3.50. The molecule has 26 heavy (non-hydrogen) atoms. The van der Waals surface area contributed by atoms with Crippen molar-refractivity contribution in [1.29, 1.82) is 0 Å². The molecular weight excluding hydrogens is 360 g/mol. The van der Waals surface area contributed by atoms with Crippen LogP contribution in [0.5, 0.6) is 0 Å². The third kappa shape index (κ3) is 3.99. The number of hydrogen-bond acceptors (Lipinski definition) is 2. The van der Waals surface area contributed by atoms with Gasteiger partial charge in [0.15, 0.2) is 5.78 Å². The molecule has 0 spiro atoms. The van der Waals surface area contributed by atoms with Crippen molar-refractivity contribution < 1.29 is 18.4 Å². The Kier molecular flexibility index (Phi) is 5.47. The van der Waals surface area contributed by atoms with Crippen LogP contribution in [0.25, 0.3) is 6.08 Å². The van der Waals surface area contributed by atoms with E-state index in [2.05, 4.69) is 5.32 Å². The lowest BCUT2D eigenvalue weighted by Gasteiger charge is -2.14. The summed E-state index contributed by atoms with van der Waals surface area (Å²) in [6.45, 7) is 0.419. The fourth-order valence-electron chi connectivity index (χ4n) is 3.10. The van der Waals surface area contributed by atoms with Gasteiger partial charge in [-0.15, -0.1) is 0 Å². The van der Waals surface area contributed by atoms with Crippen molar-refractivity contribution in [2.75, 3.05) is 6.54 Å². The number of carbonyl (C=O) groups is 2. The number of hydrogen-bond donors (Lipinski definition) is 1. The molecule has 2 aromatic carbocycles. The lowest BCUT2D eigenvalue weighted by atomic mass is 9.86. The lowest BCUT2D eigenvalue weighted by Crippen LogP contribution is -2.27. The number of carbonyl (C=O) groups excluding carboxylic acids is 2. The minimum atomic E-state index is -0.903. The Balaban J connectivity index is 1.75. The molecular formula is C20H16ClF2NO2. The van der Waals surface area contributed by atoms with Crippen LogP contribution in [-0.2, 0) is 16.0 Å². The Labute approximate surface area is 154 Å². The summed E-state index contributed by atoms with van der Waals surface area (Å²) >= 11 is 5.44. The van der Waals surface area contributed by atoms with Gasteiger partial charge in [0.2, 0.25) is 5.91 Å². The van der Waals surface area contributed by atoms with Gasteiger partial charge in [-0.2, -0.15) is 0 Å². The molecule has 134 valence electrons. The molecule has 1 N–H and O–H groups in total. The third-order valence-corrected chi connectivity index (χ3v) is 4.75. The molecule has 1 aliphatic heterocycles. The molecule has 1 aliphatic rings. The summed E-state index contributed by atoms with van der Waals surface area (Å²) in [6.07, 6.45) is 3.07. The van der Waals surface area contributed by atoms with Crippen molar-refractivity contribution in [1.82, 2.24) is 5.32 Å². The van der Waals surface area contributed by atoms with E-state index in [-0.39, 0.29) is 17.4 Å². The van der Waals surface area contributed by atoms with Gasteiger partial charge in [0.25, 0.3) is 0 Å². The average molecular weight is 376 g/mol. The fourth-order valence-corrected chi connectivity index (χ4v) is 3.20. The molecule has 0 unspecified atom stereocenters. The maximum Gasteiger partial charge on any atom is 0.231 e. The highest BCUT2D eigenvalue weighted by molar-refractivity contribution is 6.30. The smallest absolute Gasteiger partial charge is 0.231 e. The van der Waals surface area contributed by atoms with E-state index in [9.17, 15) is 18.4 Å². The first-order chi connectivity index (χ1) is 12.5. The van der Waals surface area contributed by atoms with E-state index < -0.39 is 28.4 Å². The topological polar surface area (TPSA) is 46.2 Å². The molecule has 0 saturated carbocycles. The molecule has 6 heteroatoms. The minimum absolute atomic E-state index is 0.163. The monoisotopic (exact) mass is 375 g/mol. The van der Waals surface area contributed by atoms with Crippen molar-refractivity contribution in [3.05, 3.63) is 76.3 Å². The van der Waals surface area contributed by atoms with Crippen LogP contribution in [0.3, 0.4) is 0 Å². The van der Waals surface area contributed by atoms with E-state index in [1.165, 1.54) is 12.2 Å². The number of benzene rings is 2. The van der Waals surface area contributed by atoms with Crippen LogP contribution >= 0.6 is 11.6 Å². The van der Waals surface area contributed by atoms with E-state index >= 15 is 0 Å². The van der Waals surface area contributed by atoms with Crippen molar-refractivity contribution in [3.63, 3.8) is 0 Å². The van der Waals surface area contributed by atoms with Crippen molar-refractivity contribution in [3.8, 4) is 0 Å². The molecule has 1 saturated heterocycles. The number of allylic oxidation sites excluding steroid dienone is 1. The summed E-state index contributed by atoms with van der Waals surface area (Å²) < 4.78 is 27.0. The van der Waals surface area contributed by atoms with Gasteiger partial charge in [-0.3, -0.25) is 9.59 Å². The van der Waals surface area contributed by atoms with Crippen molar-refractivity contribution in [2.24, 2.45) is 11.8 Å². The van der Waals surface area contributed by atoms with E-state index in [0.29, 0.717) is 13.0 Å². The summed E-state index contributed by atoms with van der Waals surface area (Å²) in [6, 6.07) is 11.7. The predicted octanol–water partition coefficient (Wildman–Crippen LogP) is 3.81. The Morgan fingerprint density at radius 3 is 2.50 bits per heavy atom. The van der Waals surface area contributed by atoms with Crippen LogP contribution in [0.1, 0.15) is 11.1 Å². The second-order valence-corrected chi connectivity index (χ2v) is 6.58. The summed E-state index contributed by atoms with van der Waals surface area (Å²) in [5, 5.41) is 2.12. The molecule has 0 aromatic heterocycles. The normalized spacial score (nSPS) is 19.7. The fraction of sp³-hybridized carbons (Fsp3) is 0.200. The molecule has 1 amide bonds. The highest BCUT2D eigenvalue weighted by Gasteiger charge is 2.38. The zero-order chi connectivity index (χ0) is 18.7. The molecule has 1 fully saturated rings. The largest absolute Gasteiger partial charge is 0.355 e. The van der Waals surface area contributed by atoms with Crippen molar-refractivity contribution in [2.45, 2.75) is 6.42 Å². The van der Waals surface area contributed by atoms with Crippen LogP contribution in [0.15, 0.2) is 48.5 Å². The maximum atomic E-state index is 13.5. The van der Waals surface area contributed by atoms with E-state index in [4.69, 9.17) is 11.6 Å². The molecule has 0 aliphatic carbocycles. The van der Waals surface area contributed by atoms with Crippen LogP contribution in [0, 0.1) is 23.5 Å². The van der Waals surface area contributed by atoms with Crippen LogP contribution in [-0.4, -0.2) is 18.2 Å². The van der Waals surface area contributed by atoms with E-state index in [1.807, 2.05) is 30.3 Å². The predicted molar refractivity (Wildman–Crippen MR) is 95.5 cm³/mol. The molecule has 2 aromatic rings. The highest BCUT2D eigenvalue weighted by Crippen LogP contribution is 2.25. The molecule has 3 nitrogen and oxygen atoms in total. The van der Waals surface area contributed by atoms with Gasteiger partial charge in [0.05, 0.1) is 0 Å². The molecule has 0 bridgehead atoms. The number of ketones is 1. The highest BCUT2D eigenvalue weighted by atomic mass is 35.5. The quantitative estimate of drug-likeness (QED) is 0.491. The Morgan fingerprint density at radius 2 is 1.85 bits per heavy atom. The third-order valence-electron chi connectivity index (χ3n) is 4.39.